The Bertz CT molecular complexity index is 1780. The second-order valence-corrected chi connectivity index (χ2v) is 11.7. The van der Waals surface area contributed by atoms with Gasteiger partial charge in [-0.3, -0.25) is 14.4 Å². The first-order valence-electron chi connectivity index (χ1n) is 13.7. The highest BCUT2D eigenvalue weighted by Gasteiger charge is 2.72. The Morgan fingerprint density at radius 2 is 1.52 bits per heavy atom. The molecule has 1 aliphatic carbocycles. The molecule has 7 rings (SSSR count). The number of hydrogen-bond acceptors (Lipinski definition) is 6. The first-order valence-corrected chi connectivity index (χ1v) is 14.5. The van der Waals surface area contributed by atoms with Crippen molar-refractivity contribution in [3.8, 4) is 11.5 Å². The van der Waals surface area contributed by atoms with Crippen LogP contribution in [-0.4, -0.2) is 43.7 Å². The molecular formula is C35H26BrNO5. The Balaban J connectivity index is 1.59. The topological polar surface area (TPSA) is 72.9 Å². The number of halogens is 1. The molecule has 1 saturated heterocycles. The van der Waals surface area contributed by atoms with E-state index >= 15 is 0 Å². The maximum Gasteiger partial charge on any atom is 0.185 e. The number of anilines is 1. The van der Waals surface area contributed by atoms with Crippen molar-refractivity contribution in [2.45, 2.75) is 18.0 Å². The molecule has 0 N–H and O–H groups in total. The van der Waals surface area contributed by atoms with Crippen LogP contribution in [0.4, 0.5) is 5.69 Å². The van der Waals surface area contributed by atoms with Gasteiger partial charge in [-0.25, -0.2) is 0 Å². The van der Waals surface area contributed by atoms with E-state index in [1.165, 1.54) is 0 Å². The lowest BCUT2D eigenvalue weighted by Crippen LogP contribution is -2.48. The van der Waals surface area contributed by atoms with Crippen LogP contribution in [0.15, 0.2) is 102 Å². The van der Waals surface area contributed by atoms with Crippen molar-refractivity contribution in [3.05, 3.63) is 129 Å². The van der Waals surface area contributed by atoms with Crippen molar-refractivity contribution < 1.29 is 23.9 Å². The van der Waals surface area contributed by atoms with Crippen molar-refractivity contribution in [2.75, 3.05) is 19.1 Å². The standard InChI is InChI=1S/C35H26BrNO5/c1-41-23-14-16-28(42-2)26(19-23)30-31(32(38)20-8-4-3-5-9-20)37-27-15-13-22(36)18-21(27)12-17-29(37)35(30)33(39)24-10-6-7-11-25(24)34(35)40/h3-19,29-31H,1-2H3/t29?,30-,31+/m0/s1. The molecule has 208 valence electrons. The van der Waals surface area contributed by atoms with Gasteiger partial charge in [-0.1, -0.05) is 82.7 Å². The highest BCUT2D eigenvalue weighted by Crippen LogP contribution is 2.62. The van der Waals surface area contributed by atoms with E-state index in [1.54, 1.807) is 68.8 Å². The van der Waals surface area contributed by atoms with Gasteiger partial charge in [0, 0.05) is 38.3 Å². The molecule has 0 aromatic heterocycles. The molecule has 2 aliphatic heterocycles. The van der Waals surface area contributed by atoms with Gasteiger partial charge in [0.1, 0.15) is 23.0 Å². The molecular weight excluding hydrogens is 594 g/mol. The van der Waals surface area contributed by atoms with Crippen LogP contribution in [0.25, 0.3) is 6.08 Å². The number of ether oxygens (including phenoxy) is 2. The zero-order chi connectivity index (χ0) is 29.2. The van der Waals surface area contributed by atoms with E-state index in [4.69, 9.17) is 9.47 Å². The van der Waals surface area contributed by atoms with Gasteiger partial charge in [0.25, 0.3) is 0 Å². The predicted octanol–water partition coefficient (Wildman–Crippen LogP) is 6.78. The number of fused-ring (bicyclic) bond motifs is 5. The molecule has 0 radical (unpaired) electrons. The summed E-state index contributed by atoms with van der Waals surface area (Å²) in [6, 6.07) is 25.5. The van der Waals surface area contributed by atoms with E-state index in [9.17, 15) is 14.4 Å². The third kappa shape index (κ3) is 3.53. The molecule has 0 amide bonds. The minimum absolute atomic E-state index is 0.187. The lowest BCUT2D eigenvalue weighted by molar-refractivity contribution is 0.0664. The fourth-order valence-electron chi connectivity index (χ4n) is 7.15. The number of benzene rings is 4. The van der Waals surface area contributed by atoms with E-state index in [-0.39, 0.29) is 17.3 Å². The quantitative estimate of drug-likeness (QED) is 0.181. The Hall–Kier alpha value is -4.49. The number of carbonyl (C=O) groups excluding carboxylic acids is 3. The van der Waals surface area contributed by atoms with Crippen LogP contribution in [0.5, 0.6) is 11.5 Å². The summed E-state index contributed by atoms with van der Waals surface area (Å²) in [5, 5.41) is 0. The Morgan fingerprint density at radius 1 is 0.833 bits per heavy atom. The van der Waals surface area contributed by atoms with Crippen LogP contribution in [0, 0.1) is 5.41 Å². The fraction of sp³-hybridized carbons (Fsp3) is 0.171. The summed E-state index contributed by atoms with van der Waals surface area (Å²) in [5.41, 5.74) is 1.85. The molecule has 6 nitrogen and oxygen atoms in total. The van der Waals surface area contributed by atoms with Crippen molar-refractivity contribution in [1.82, 2.24) is 0 Å². The molecule has 0 saturated carbocycles. The average Bonchev–Trinajstić information content (AvgIpc) is 3.46. The van der Waals surface area contributed by atoms with Gasteiger partial charge < -0.3 is 14.4 Å². The SMILES string of the molecule is COc1ccc(OC)c([C@H]2[C@H](C(=O)c3ccccc3)N3c4ccc(Br)cc4C=CC3C23C(=O)c2ccccc2C3=O)c1. The molecule has 4 aromatic carbocycles. The number of Topliss-reactive ketones (excluding diaryl/α,β-unsaturated/α-hetero) is 3. The van der Waals surface area contributed by atoms with Crippen LogP contribution < -0.4 is 14.4 Å². The summed E-state index contributed by atoms with van der Waals surface area (Å²) in [6.07, 6.45) is 3.86. The van der Waals surface area contributed by atoms with Crippen LogP contribution in [0.3, 0.4) is 0 Å². The highest BCUT2D eigenvalue weighted by molar-refractivity contribution is 9.10. The van der Waals surface area contributed by atoms with Gasteiger partial charge in [-0.2, -0.15) is 0 Å². The minimum Gasteiger partial charge on any atom is -0.497 e. The van der Waals surface area contributed by atoms with E-state index < -0.39 is 23.4 Å². The zero-order valence-corrected chi connectivity index (χ0v) is 24.5. The zero-order valence-electron chi connectivity index (χ0n) is 22.9. The maximum atomic E-state index is 14.8. The monoisotopic (exact) mass is 619 g/mol. The fourth-order valence-corrected chi connectivity index (χ4v) is 7.53. The third-order valence-electron chi connectivity index (χ3n) is 8.86. The predicted molar refractivity (Wildman–Crippen MR) is 164 cm³/mol. The summed E-state index contributed by atoms with van der Waals surface area (Å²) in [4.78, 5) is 46.4. The summed E-state index contributed by atoms with van der Waals surface area (Å²) < 4.78 is 12.3. The van der Waals surface area contributed by atoms with Gasteiger partial charge in [0.05, 0.1) is 20.3 Å². The van der Waals surface area contributed by atoms with E-state index in [0.29, 0.717) is 33.8 Å². The van der Waals surface area contributed by atoms with Crippen molar-refractivity contribution in [1.29, 1.82) is 0 Å². The second-order valence-electron chi connectivity index (χ2n) is 10.7. The molecule has 4 aromatic rings. The Kier molecular flexibility index (Phi) is 6.17. The number of ketones is 3. The van der Waals surface area contributed by atoms with Gasteiger partial charge in [-0.15, -0.1) is 0 Å². The summed E-state index contributed by atoms with van der Waals surface area (Å²) in [7, 11) is 3.11. The smallest absolute Gasteiger partial charge is 0.185 e. The van der Waals surface area contributed by atoms with Crippen molar-refractivity contribution in [3.63, 3.8) is 0 Å². The highest BCUT2D eigenvalue weighted by atomic mass is 79.9. The third-order valence-corrected chi connectivity index (χ3v) is 9.36. The van der Waals surface area contributed by atoms with Crippen LogP contribution in [-0.2, 0) is 0 Å². The summed E-state index contributed by atoms with van der Waals surface area (Å²) in [5.74, 6) is -0.655. The van der Waals surface area contributed by atoms with Gasteiger partial charge in [-0.05, 0) is 42.0 Å². The van der Waals surface area contributed by atoms with Crippen molar-refractivity contribution >= 4 is 45.0 Å². The number of rotatable bonds is 5. The lowest BCUT2D eigenvalue weighted by Gasteiger charge is -2.37. The molecule has 0 bridgehead atoms. The van der Waals surface area contributed by atoms with Gasteiger partial charge in [0.15, 0.2) is 17.3 Å². The Labute approximate surface area is 251 Å². The van der Waals surface area contributed by atoms with Crippen LogP contribution in [0.2, 0.25) is 0 Å². The van der Waals surface area contributed by atoms with E-state index in [2.05, 4.69) is 15.9 Å². The molecule has 7 heteroatoms. The molecule has 3 atom stereocenters. The van der Waals surface area contributed by atoms with Crippen LogP contribution in [0.1, 0.15) is 48.1 Å². The second kappa shape index (κ2) is 9.81. The maximum absolute atomic E-state index is 14.8. The first kappa shape index (κ1) is 26.4. The molecule has 1 fully saturated rings. The molecule has 2 heterocycles. The normalized spacial score (nSPS) is 21.2. The summed E-state index contributed by atoms with van der Waals surface area (Å²) in [6.45, 7) is 0. The molecule has 1 unspecified atom stereocenters. The van der Waals surface area contributed by atoms with Gasteiger partial charge in [0.2, 0.25) is 0 Å². The number of hydrogen-bond donors (Lipinski definition) is 0. The Morgan fingerprint density at radius 3 is 2.19 bits per heavy atom. The molecule has 3 aliphatic rings. The number of carbonyl (C=O) groups is 3. The van der Waals surface area contributed by atoms with E-state index in [1.807, 2.05) is 53.5 Å². The molecule has 1 spiro atoms. The first-order chi connectivity index (χ1) is 20.4. The van der Waals surface area contributed by atoms with E-state index in [0.717, 1.165) is 15.7 Å². The number of methoxy groups -OCH3 is 2. The summed E-state index contributed by atoms with van der Waals surface area (Å²) >= 11 is 3.57. The van der Waals surface area contributed by atoms with Crippen LogP contribution >= 0.6 is 15.9 Å². The number of nitrogens with zero attached hydrogens (tertiary/aromatic N) is 1. The largest absolute Gasteiger partial charge is 0.497 e. The lowest BCUT2D eigenvalue weighted by atomic mass is 9.64. The molecule has 42 heavy (non-hydrogen) atoms. The average molecular weight is 620 g/mol. The van der Waals surface area contributed by atoms with Gasteiger partial charge >= 0.3 is 0 Å². The van der Waals surface area contributed by atoms with Crippen molar-refractivity contribution in [2.24, 2.45) is 5.41 Å². The minimum atomic E-state index is -1.63.